The van der Waals surface area contributed by atoms with Gasteiger partial charge in [-0.05, 0) is 61.4 Å². The van der Waals surface area contributed by atoms with Gasteiger partial charge in [0.25, 0.3) is 0 Å². The number of halogens is 2. The minimum atomic E-state index is -0.358. The summed E-state index contributed by atoms with van der Waals surface area (Å²) in [5.74, 6) is -0.715. The number of nitrogens with one attached hydrogen (secondary N) is 2. The molecule has 0 aliphatic carbocycles. The maximum absolute atomic E-state index is 12.2. The summed E-state index contributed by atoms with van der Waals surface area (Å²) in [5, 5.41) is 3.09. The van der Waals surface area contributed by atoms with Crippen LogP contribution in [-0.2, 0) is 9.47 Å². The molecule has 0 saturated heterocycles. The second-order valence-corrected chi connectivity index (χ2v) is 10.2. The van der Waals surface area contributed by atoms with Crippen molar-refractivity contribution in [2.75, 3.05) is 13.2 Å². The van der Waals surface area contributed by atoms with Crippen molar-refractivity contribution in [3.63, 3.8) is 0 Å². The normalized spacial score (nSPS) is 10.8. The van der Waals surface area contributed by atoms with Crippen LogP contribution in [0.2, 0.25) is 10.0 Å². The fourth-order valence-electron chi connectivity index (χ4n) is 4.85. The van der Waals surface area contributed by atoms with E-state index < -0.39 is 0 Å². The van der Waals surface area contributed by atoms with Crippen molar-refractivity contribution in [1.82, 2.24) is 9.97 Å². The monoisotopic (exact) mass is 598 g/mol. The number of hydrogen-bond donors (Lipinski definition) is 2. The van der Waals surface area contributed by atoms with Gasteiger partial charge in [0.05, 0.1) is 13.2 Å². The Morgan fingerprint density at radius 1 is 0.595 bits per heavy atom. The van der Waals surface area contributed by atoms with Gasteiger partial charge in [-0.2, -0.15) is 0 Å². The molecule has 6 aromatic rings. The fraction of sp³-hybridized carbons (Fsp3) is 0.118. The highest BCUT2D eigenvalue weighted by molar-refractivity contribution is 6.32. The van der Waals surface area contributed by atoms with Crippen LogP contribution < -0.4 is 0 Å². The van der Waals surface area contributed by atoms with Gasteiger partial charge >= 0.3 is 11.9 Å². The molecule has 0 atom stereocenters. The van der Waals surface area contributed by atoms with Crippen LogP contribution >= 0.6 is 23.2 Å². The van der Waals surface area contributed by atoms with Gasteiger partial charge in [-0.15, -0.1) is 0 Å². The van der Waals surface area contributed by atoms with Crippen molar-refractivity contribution in [2.45, 2.75) is 13.8 Å². The summed E-state index contributed by atoms with van der Waals surface area (Å²) in [4.78, 5) is 30.7. The number of hydrogen-bond acceptors (Lipinski definition) is 4. The molecule has 2 N–H and O–H groups in total. The first kappa shape index (κ1) is 29.0. The molecule has 8 heteroatoms. The van der Waals surface area contributed by atoms with Crippen LogP contribution in [0, 0.1) is 0 Å². The van der Waals surface area contributed by atoms with Crippen LogP contribution in [0.15, 0.2) is 97.1 Å². The predicted octanol–water partition coefficient (Wildman–Crippen LogP) is 9.33. The maximum atomic E-state index is 12.2. The Kier molecular flexibility index (Phi) is 8.96. The van der Waals surface area contributed by atoms with E-state index in [-0.39, 0.29) is 11.9 Å². The largest absolute Gasteiger partial charge is 0.461 e. The number of rotatable bonds is 6. The molecule has 0 spiro atoms. The lowest BCUT2D eigenvalue weighted by Gasteiger charge is -2.05. The summed E-state index contributed by atoms with van der Waals surface area (Å²) >= 11 is 12.2. The topological polar surface area (TPSA) is 84.2 Å². The molecule has 0 fully saturated rings. The van der Waals surface area contributed by atoms with E-state index in [4.69, 9.17) is 32.7 Å². The second-order valence-electron chi connectivity index (χ2n) is 9.30. The van der Waals surface area contributed by atoms with E-state index in [1.54, 1.807) is 26.0 Å². The van der Waals surface area contributed by atoms with Crippen molar-refractivity contribution in [1.29, 1.82) is 0 Å². The van der Waals surface area contributed by atoms with Crippen LogP contribution in [0.3, 0.4) is 0 Å². The Morgan fingerprint density at radius 3 is 1.33 bits per heavy atom. The van der Waals surface area contributed by atoms with Crippen molar-refractivity contribution in [3.8, 4) is 22.3 Å². The highest BCUT2D eigenvalue weighted by atomic mass is 35.5. The Labute approximate surface area is 253 Å². The van der Waals surface area contributed by atoms with Gasteiger partial charge < -0.3 is 19.4 Å². The first-order chi connectivity index (χ1) is 20.4. The van der Waals surface area contributed by atoms with Gasteiger partial charge in [-0.25, -0.2) is 9.59 Å². The molecule has 212 valence electrons. The lowest BCUT2D eigenvalue weighted by Crippen LogP contribution is -2.06. The molecule has 0 aliphatic heterocycles. The van der Waals surface area contributed by atoms with Crippen LogP contribution in [0.5, 0.6) is 0 Å². The number of H-pyrrole nitrogens is 2. The van der Waals surface area contributed by atoms with E-state index in [0.29, 0.717) is 34.6 Å². The highest BCUT2D eigenvalue weighted by Gasteiger charge is 2.21. The first-order valence-corrected chi connectivity index (χ1v) is 14.2. The third kappa shape index (κ3) is 6.05. The lowest BCUT2D eigenvalue weighted by molar-refractivity contribution is 0.0512. The number of carbonyl (C=O) groups excluding carboxylic acids is 2. The standard InChI is InChI=1S/2C17H14ClNO2/c2*1-2-21-17(20)16-15(11-6-4-3-5-7-11)13-10-12(18)8-9-14(13)19-16/h2*3-10,19H,2H2,1H3. The van der Waals surface area contributed by atoms with Crippen LogP contribution in [0.1, 0.15) is 34.8 Å². The molecule has 2 aromatic heterocycles. The van der Waals surface area contributed by atoms with Crippen LogP contribution in [0.4, 0.5) is 0 Å². The number of esters is 2. The number of aromatic amines is 2. The van der Waals surface area contributed by atoms with E-state index in [1.807, 2.05) is 84.9 Å². The van der Waals surface area contributed by atoms with Gasteiger partial charge in [0.15, 0.2) is 0 Å². The van der Waals surface area contributed by atoms with E-state index in [2.05, 4.69) is 9.97 Å². The first-order valence-electron chi connectivity index (χ1n) is 13.5. The zero-order valence-corrected chi connectivity index (χ0v) is 24.6. The third-order valence-corrected chi connectivity index (χ3v) is 7.08. The van der Waals surface area contributed by atoms with Gasteiger partial charge in [-0.3, -0.25) is 0 Å². The molecule has 2 heterocycles. The number of benzene rings is 4. The molecule has 0 bridgehead atoms. The number of fused-ring (bicyclic) bond motifs is 2. The molecule has 4 aromatic carbocycles. The predicted molar refractivity (Wildman–Crippen MR) is 169 cm³/mol. The van der Waals surface area contributed by atoms with Crippen molar-refractivity contribution < 1.29 is 19.1 Å². The minimum Gasteiger partial charge on any atom is -0.461 e. The quantitative estimate of drug-likeness (QED) is 0.187. The zero-order valence-electron chi connectivity index (χ0n) is 23.0. The number of aromatic nitrogens is 2. The lowest BCUT2D eigenvalue weighted by atomic mass is 10.0. The summed E-state index contributed by atoms with van der Waals surface area (Å²) in [6, 6.07) is 30.5. The van der Waals surface area contributed by atoms with E-state index in [1.165, 1.54) is 0 Å². The fourth-order valence-corrected chi connectivity index (χ4v) is 5.19. The molecular formula is C34H28Cl2N2O4. The Balaban J connectivity index is 0.000000168. The summed E-state index contributed by atoms with van der Waals surface area (Å²) in [6.07, 6.45) is 0. The van der Waals surface area contributed by atoms with Crippen molar-refractivity contribution in [3.05, 3.63) is 118 Å². The molecule has 42 heavy (non-hydrogen) atoms. The smallest absolute Gasteiger partial charge is 0.355 e. The second kappa shape index (κ2) is 13.0. The Bertz CT molecular complexity index is 1720. The number of carbonyl (C=O) groups is 2. The van der Waals surface area contributed by atoms with Gasteiger partial charge in [0.2, 0.25) is 0 Å². The summed E-state index contributed by atoms with van der Waals surface area (Å²) in [5.41, 5.74) is 6.20. The molecular weight excluding hydrogens is 571 g/mol. The van der Waals surface area contributed by atoms with Gasteiger partial charge in [-0.1, -0.05) is 83.9 Å². The molecule has 6 rings (SSSR count). The molecule has 0 unspecified atom stereocenters. The highest BCUT2D eigenvalue weighted by Crippen LogP contribution is 2.35. The Morgan fingerprint density at radius 2 is 0.976 bits per heavy atom. The Hall–Kier alpha value is -4.52. The molecule has 0 amide bonds. The molecule has 6 nitrogen and oxygen atoms in total. The summed E-state index contributed by atoms with van der Waals surface area (Å²) in [6.45, 7) is 4.26. The average molecular weight is 600 g/mol. The van der Waals surface area contributed by atoms with Gasteiger partial charge in [0.1, 0.15) is 11.4 Å². The van der Waals surface area contributed by atoms with Gasteiger partial charge in [0, 0.05) is 43.0 Å². The summed E-state index contributed by atoms with van der Waals surface area (Å²) in [7, 11) is 0. The van der Waals surface area contributed by atoms with Crippen LogP contribution in [0.25, 0.3) is 44.1 Å². The molecule has 0 saturated carbocycles. The van der Waals surface area contributed by atoms with Crippen molar-refractivity contribution in [2.24, 2.45) is 0 Å². The van der Waals surface area contributed by atoms with Crippen LogP contribution in [-0.4, -0.2) is 35.1 Å². The zero-order chi connectivity index (χ0) is 29.6. The average Bonchev–Trinajstić information content (AvgIpc) is 3.57. The number of ether oxygens (including phenoxy) is 2. The van der Waals surface area contributed by atoms with E-state index in [0.717, 1.165) is 44.1 Å². The third-order valence-electron chi connectivity index (χ3n) is 6.61. The SMILES string of the molecule is CCOC(=O)c1[nH]c2ccc(Cl)cc2c1-c1ccccc1.CCOC(=O)c1[nH]c2ccc(Cl)cc2c1-c1ccccc1. The molecule has 0 radical (unpaired) electrons. The van der Waals surface area contributed by atoms with E-state index >= 15 is 0 Å². The van der Waals surface area contributed by atoms with E-state index in [9.17, 15) is 9.59 Å². The maximum Gasteiger partial charge on any atom is 0.355 e. The molecule has 0 aliphatic rings. The van der Waals surface area contributed by atoms with Crippen molar-refractivity contribution >= 4 is 56.9 Å². The minimum absolute atomic E-state index is 0.336. The summed E-state index contributed by atoms with van der Waals surface area (Å²) < 4.78 is 10.3.